The molecule has 0 aromatic rings. The van der Waals surface area contributed by atoms with E-state index in [0.29, 0.717) is 26.1 Å². The first-order chi connectivity index (χ1) is 8.56. The zero-order chi connectivity index (χ0) is 13.5. The summed E-state index contributed by atoms with van der Waals surface area (Å²) in [5.74, 6) is -1.92. The van der Waals surface area contributed by atoms with Crippen molar-refractivity contribution in [3.8, 4) is 0 Å². The van der Waals surface area contributed by atoms with Crippen molar-refractivity contribution in [3.63, 3.8) is 0 Å². The number of hydrogen-bond acceptors (Lipinski definition) is 3. The monoisotopic (exact) mass is 257 g/mol. The van der Waals surface area contributed by atoms with Crippen LogP contribution in [-0.2, 0) is 14.3 Å². The minimum Gasteiger partial charge on any atom is -0.481 e. The Morgan fingerprint density at radius 3 is 2.50 bits per heavy atom. The molecule has 1 fully saturated rings. The van der Waals surface area contributed by atoms with E-state index in [1.165, 1.54) is 0 Å². The van der Waals surface area contributed by atoms with E-state index in [9.17, 15) is 9.59 Å². The second-order valence-electron chi connectivity index (χ2n) is 4.90. The molecule has 104 valence electrons. The van der Waals surface area contributed by atoms with Crippen LogP contribution in [0.4, 0.5) is 0 Å². The number of rotatable bonds is 6. The molecule has 1 aliphatic carbocycles. The number of carbonyl (C=O) groups is 2. The van der Waals surface area contributed by atoms with Crippen LogP contribution in [0.3, 0.4) is 0 Å². The van der Waals surface area contributed by atoms with E-state index in [4.69, 9.17) is 9.84 Å². The van der Waals surface area contributed by atoms with Crippen LogP contribution in [0.15, 0.2) is 0 Å². The van der Waals surface area contributed by atoms with Gasteiger partial charge in [-0.25, -0.2) is 0 Å². The Balaban J connectivity index is 2.50. The molecule has 0 aliphatic heterocycles. The van der Waals surface area contributed by atoms with Gasteiger partial charge in [0.25, 0.3) is 0 Å². The van der Waals surface area contributed by atoms with Crippen LogP contribution in [0.1, 0.15) is 39.5 Å². The molecule has 1 aliphatic rings. The number of hydrogen-bond donors (Lipinski definition) is 2. The number of carboxylic acid groups (broad SMARTS) is 1. The Hall–Kier alpha value is -1.10. The summed E-state index contributed by atoms with van der Waals surface area (Å²) >= 11 is 0. The number of nitrogens with one attached hydrogen (secondary N) is 1. The molecule has 5 nitrogen and oxygen atoms in total. The average Bonchev–Trinajstić information content (AvgIpc) is 2.36. The summed E-state index contributed by atoms with van der Waals surface area (Å²) in [6.45, 7) is 4.84. The molecule has 1 saturated carbocycles. The third kappa shape index (κ3) is 4.29. The zero-order valence-corrected chi connectivity index (χ0v) is 11.1. The maximum atomic E-state index is 12.1. The highest BCUT2D eigenvalue weighted by Gasteiger charge is 2.35. The maximum absolute atomic E-state index is 12.1. The summed E-state index contributed by atoms with van der Waals surface area (Å²) in [5.41, 5.74) is 0. The third-order valence-corrected chi connectivity index (χ3v) is 3.38. The largest absolute Gasteiger partial charge is 0.481 e. The fraction of sp³-hybridized carbons (Fsp3) is 0.846. The highest BCUT2D eigenvalue weighted by molar-refractivity contribution is 5.85. The predicted octanol–water partition coefficient (Wildman–Crippen LogP) is 1.42. The number of aliphatic carboxylic acids is 1. The molecular weight excluding hydrogens is 234 g/mol. The van der Waals surface area contributed by atoms with E-state index in [-0.39, 0.29) is 17.9 Å². The topological polar surface area (TPSA) is 75.6 Å². The van der Waals surface area contributed by atoms with Gasteiger partial charge in [0.2, 0.25) is 5.91 Å². The van der Waals surface area contributed by atoms with E-state index in [1.54, 1.807) is 0 Å². The molecule has 3 atom stereocenters. The molecule has 2 N–H and O–H groups in total. The van der Waals surface area contributed by atoms with Gasteiger partial charge in [-0.1, -0.05) is 12.8 Å². The van der Waals surface area contributed by atoms with Gasteiger partial charge in [0.05, 0.1) is 18.4 Å². The zero-order valence-electron chi connectivity index (χ0n) is 11.1. The van der Waals surface area contributed by atoms with Crippen molar-refractivity contribution in [1.82, 2.24) is 5.32 Å². The minimum absolute atomic E-state index is 0.0752. The quantitative estimate of drug-likeness (QED) is 0.754. The average molecular weight is 257 g/mol. The Labute approximate surface area is 108 Å². The summed E-state index contributed by atoms with van der Waals surface area (Å²) in [7, 11) is 0. The van der Waals surface area contributed by atoms with Crippen molar-refractivity contribution < 1.29 is 19.4 Å². The summed E-state index contributed by atoms with van der Waals surface area (Å²) in [6, 6.07) is -0.0752. The highest BCUT2D eigenvalue weighted by Crippen LogP contribution is 2.30. The third-order valence-electron chi connectivity index (χ3n) is 3.38. The highest BCUT2D eigenvalue weighted by atomic mass is 16.5. The standard InChI is InChI=1S/C13H23NO4/c1-3-18-8-9(2)14-12(15)10-6-4-5-7-11(10)13(16)17/h9-11H,3-8H2,1-2H3,(H,14,15)(H,16,17)/t9?,10-,11+/m1/s1. The normalized spacial score (nSPS) is 25.4. The van der Waals surface area contributed by atoms with Crippen molar-refractivity contribution in [2.75, 3.05) is 13.2 Å². The Bertz CT molecular complexity index is 293. The van der Waals surface area contributed by atoms with E-state index in [1.807, 2.05) is 13.8 Å². The van der Waals surface area contributed by atoms with Gasteiger partial charge < -0.3 is 15.2 Å². The Morgan fingerprint density at radius 2 is 1.94 bits per heavy atom. The lowest BCUT2D eigenvalue weighted by Crippen LogP contribution is -2.44. The molecular formula is C13H23NO4. The van der Waals surface area contributed by atoms with Crippen molar-refractivity contribution in [1.29, 1.82) is 0 Å². The fourth-order valence-corrected chi connectivity index (χ4v) is 2.43. The van der Waals surface area contributed by atoms with Crippen LogP contribution < -0.4 is 5.32 Å². The van der Waals surface area contributed by atoms with Crippen LogP contribution in [0, 0.1) is 11.8 Å². The molecule has 0 heterocycles. The van der Waals surface area contributed by atoms with Crippen molar-refractivity contribution in [2.24, 2.45) is 11.8 Å². The molecule has 0 aromatic heterocycles. The van der Waals surface area contributed by atoms with Gasteiger partial charge in [0, 0.05) is 12.6 Å². The van der Waals surface area contributed by atoms with E-state index in [2.05, 4.69) is 5.32 Å². The molecule has 18 heavy (non-hydrogen) atoms. The van der Waals surface area contributed by atoms with Gasteiger partial charge in [0.15, 0.2) is 0 Å². The van der Waals surface area contributed by atoms with Gasteiger partial charge >= 0.3 is 5.97 Å². The molecule has 0 spiro atoms. The summed E-state index contributed by atoms with van der Waals surface area (Å²) in [6.07, 6.45) is 3.11. The first kappa shape index (κ1) is 15.0. The summed E-state index contributed by atoms with van der Waals surface area (Å²) in [4.78, 5) is 23.2. The van der Waals surface area contributed by atoms with Gasteiger partial charge in [-0.2, -0.15) is 0 Å². The van der Waals surface area contributed by atoms with Crippen LogP contribution >= 0.6 is 0 Å². The molecule has 0 aromatic carbocycles. The Kier molecular flexibility index (Phi) is 6.12. The van der Waals surface area contributed by atoms with E-state index in [0.717, 1.165) is 12.8 Å². The van der Waals surface area contributed by atoms with Gasteiger partial charge in [-0.15, -0.1) is 0 Å². The van der Waals surface area contributed by atoms with Crippen molar-refractivity contribution in [2.45, 2.75) is 45.6 Å². The maximum Gasteiger partial charge on any atom is 0.307 e. The van der Waals surface area contributed by atoms with E-state index >= 15 is 0 Å². The summed E-state index contributed by atoms with van der Waals surface area (Å²) in [5, 5.41) is 12.0. The fourth-order valence-electron chi connectivity index (χ4n) is 2.43. The van der Waals surface area contributed by atoms with Crippen LogP contribution in [-0.4, -0.2) is 36.2 Å². The number of carboxylic acids is 1. The van der Waals surface area contributed by atoms with Crippen LogP contribution in [0.2, 0.25) is 0 Å². The lowest BCUT2D eigenvalue weighted by Gasteiger charge is -2.28. The predicted molar refractivity (Wildman–Crippen MR) is 67.2 cm³/mol. The molecule has 0 radical (unpaired) electrons. The van der Waals surface area contributed by atoms with Crippen molar-refractivity contribution in [3.05, 3.63) is 0 Å². The minimum atomic E-state index is -0.854. The molecule has 5 heteroatoms. The lowest BCUT2D eigenvalue weighted by atomic mass is 9.78. The van der Waals surface area contributed by atoms with Gasteiger partial charge in [-0.3, -0.25) is 9.59 Å². The molecule has 0 saturated heterocycles. The van der Waals surface area contributed by atoms with E-state index < -0.39 is 11.9 Å². The second kappa shape index (κ2) is 7.36. The van der Waals surface area contributed by atoms with Crippen LogP contribution in [0.25, 0.3) is 0 Å². The van der Waals surface area contributed by atoms with Crippen LogP contribution in [0.5, 0.6) is 0 Å². The molecule has 0 bridgehead atoms. The van der Waals surface area contributed by atoms with Gasteiger partial charge in [-0.05, 0) is 26.7 Å². The first-order valence-electron chi connectivity index (χ1n) is 6.67. The van der Waals surface area contributed by atoms with Crippen molar-refractivity contribution >= 4 is 11.9 Å². The summed E-state index contributed by atoms with van der Waals surface area (Å²) < 4.78 is 5.23. The number of amides is 1. The molecule has 1 rings (SSSR count). The SMILES string of the molecule is CCOCC(C)NC(=O)[C@@H]1CCCC[C@@H]1C(=O)O. The molecule has 1 amide bonds. The number of ether oxygens (including phenoxy) is 1. The number of carbonyl (C=O) groups excluding carboxylic acids is 1. The Morgan fingerprint density at radius 1 is 1.33 bits per heavy atom. The van der Waals surface area contributed by atoms with Gasteiger partial charge in [0.1, 0.15) is 0 Å². The molecule has 1 unspecified atom stereocenters. The first-order valence-corrected chi connectivity index (χ1v) is 6.67. The second-order valence-corrected chi connectivity index (χ2v) is 4.90. The lowest BCUT2D eigenvalue weighted by molar-refractivity contribution is -0.149. The smallest absolute Gasteiger partial charge is 0.307 e.